The SMILES string of the molecule is CCC(C(=O)O)C(C)F. The zero-order valence-electron chi connectivity index (χ0n) is 5.60. The van der Waals surface area contributed by atoms with Crippen molar-refractivity contribution >= 4 is 5.97 Å². The van der Waals surface area contributed by atoms with Crippen molar-refractivity contribution in [1.82, 2.24) is 0 Å². The van der Waals surface area contributed by atoms with Gasteiger partial charge in [0, 0.05) is 0 Å². The van der Waals surface area contributed by atoms with Crippen LogP contribution in [0.4, 0.5) is 4.39 Å². The normalized spacial score (nSPS) is 16.8. The van der Waals surface area contributed by atoms with E-state index in [1.54, 1.807) is 6.92 Å². The van der Waals surface area contributed by atoms with Gasteiger partial charge >= 0.3 is 5.97 Å². The molecule has 0 saturated carbocycles. The monoisotopic (exact) mass is 134 g/mol. The lowest BCUT2D eigenvalue weighted by molar-refractivity contribution is -0.143. The number of carboxylic acid groups (broad SMARTS) is 1. The largest absolute Gasteiger partial charge is 0.481 e. The van der Waals surface area contributed by atoms with Crippen LogP contribution in [0.1, 0.15) is 20.3 Å². The molecule has 0 amide bonds. The minimum Gasteiger partial charge on any atom is -0.481 e. The molecule has 1 N–H and O–H groups in total. The second kappa shape index (κ2) is 3.43. The number of carboxylic acids is 1. The van der Waals surface area contributed by atoms with E-state index in [0.717, 1.165) is 0 Å². The zero-order chi connectivity index (χ0) is 7.44. The van der Waals surface area contributed by atoms with Gasteiger partial charge in [0.2, 0.25) is 0 Å². The molecule has 0 heterocycles. The lowest BCUT2D eigenvalue weighted by Gasteiger charge is -2.08. The average molecular weight is 134 g/mol. The second-order valence-electron chi connectivity index (χ2n) is 2.03. The van der Waals surface area contributed by atoms with E-state index in [4.69, 9.17) is 5.11 Å². The first kappa shape index (κ1) is 8.40. The van der Waals surface area contributed by atoms with Crippen LogP contribution in [0.25, 0.3) is 0 Å². The second-order valence-corrected chi connectivity index (χ2v) is 2.03. The van der Waals surface area contributed by atoms with Gasteiger partial charge < -0.3 is 5.11 Å². The summed E-state index contributed by atoms with van der Waals surface area (Å²) in [5.41, 5.74) is 0. The lowest BCUT2D eigenvalue weighted by Crippen LogP contribution is -2.21. The third-order valence-electron chi connectivity index (χ3n) is 1.31. The van der Waals surface area contributed by atoms with E-state index in [-0.39, 0.29) is 0 Å². The van der Waals surface area contributed by atoms with Crippen LogP contribution >= 0.6 is 0 Å². The van der Waals surface area contributed by atoms with Gasteiger partial charge in [0.05, 0.1) is 5.92 Å². The van der Waals surface area contributed by atoms with Crippen molar-refractivity contribution in [2.45, 2.75) is 26.4 Å². The maximum atomic E-state index is 12.2. The van der Waals surface area contributed by atoms with Crippen molar-refractivity contribution < 1.29 is 14.3 Å². The van der Waals surface area contributed by atoms with E-state index < -0.39 is 18.1 Å². The molecule has 0 bridgehead atoms. The molecular weight excluding hydrogens is 123 g/mol. The Morgan fingerprint density at radius 3 is 2.22 bits per heavy atom. The molecular formula is C6H11FO2. The summed E-state index contributed by atoms with van der Waals surface area (Å²) in [6, 6.07) is 0. The predicted octanol–water partition coefficient (Wildman–Crippen LogP) is 1.46. The Balaban J connectivity index is 3.83. The van der Waals surface area contributed by atoms with Gasteiger partial charge in [-0.15, -0.1) is 0 Å². The third kappa shape index (κ3) is 2.44. The highest BCUT2D eigenvalue weighted by Gasteiger charge is 2.21. The standard InChI is InChI=1S/C6H11FO2/c1-3-5(4(2)7)6(8)9/h4-5H,3H2,1-2H3,(H,8,9). The predicted molar refractivity (Wildman–Crippen MR) is 32.0 cm³/mol. The van der Waals surface area contributed by atoms with Crippen LogP contribution in [-0.2, 0) is 4.79 Å². The molecule has 0 aliphatic rings. The number of hydrogen-bond donors (Lipinski definition) is 1. The lowest BCUT2D eigenvalue weighted by atomic mass is 10.0. The summed E-state index contributed by atoms with van der Waals surface area (Å²) >= 11 is 0. The van der Waals surface area contributed by atoms with E-state index in [2.05, 4.69) is 0 Å². The van der Waals surface area contributed by atoms with Gasteiger partial charge in [-0.1, -0.05) is 6.92 Å². The van der Waals surface area contributed by atoms with E-state index in [1.165, 1.54) is 6.92 Å². The molecule has 9 heavy (non-hydrogen) atoms. The summed E-state index contributed by atoms with van der Waals surface area (Å²) in [5, 5.41) is 8.30. The molecule has 0 saturated heterocycles. The van der Waals surface area contributed by atoms with E-state index in [9.17, 15) is 9.18 Å². The van der Waals surface area contributed by atoms with Gasteiger partial charge in [-0.25, -0.2) is 4.39 Å². The number of aliphatic carboxylic acids is 1. The number of rotatable bonds is 3. The summed E-state index contributed by atoms with van der Waals surface area (Å²) in [7, 11) is 0. The first-order valence-electron chi connectivity index (χ1n) is 2.96. The summed E-state index contributed by atoms with van der Waals surface area (Å²) in [6.45, 7) is 2.93. The van der Waals surface area contributed by atoms with Crippen molar-refractivity contribution in [1.29, 1.82) is 0 Å². The van der Waals surface area contributed by atoms with Crippen molar-refractivity contribution in [3.05, 3.63) is 0 Å². The molecule has 0 rings (SSSR count). The highest BCUT2D eigenvalue weighted by Crippen LogP contribution is 2.10. The molecule has 0 aromatic carbocycles. The average Bonchev–Trinajstić information content (AvgIpc) is 1.64. The number of halogens is 1. The quantitative estimate of drug-likeness (QED) is 0.634. The fraction of sp³-hybridized carbons (Fsp3) is 0.833. The Bertz CT molecular complexity index is 101. The number of alkyl halides is 1. The highest BCUT2D eigenvalue weighted by molar-refractivity contribution is 5.70. The van der Waals surface area contributed by atoms with Gasteiger partial charge in [-0.3, -0.25) is 4.79 Å². The summed E-state index contributed by atoms with van der Waals surface area (Å²) in [4.78, 5) is 10.1. The van der Waals surface area contributed by atoms with Crippen LogP contribution in [0, 0.1) is 5.92 Å². The van der Waals surface area contributed by atoms with Crippen LogP contribution in [-0.4, -0.2) is 17.2 Å². The first-order valence-corrected chi connectivity index (χ1v) is 2.96. The Kier molecular flexibility index (Phi) is 3.20. The fourth-order valence-electron chi connectivity index (χ4n) is 0.696. The zero-order valence-corrected chi connectivity index (χ0v) is 5.60. The Labute approximate surface area is 53.7 Å². The maximum Gasteiger partial charge on any atom is 0.309 e. The van der Waals surface area contributed by atoms with Crippen molar-refractivity contribution in [3.8, 4) is 0 Å². The molecule has 0 fully saturated rings. The number of hydrogen-bond acceptors (Lipinski definition) is 1. The van der Waals surface area contributed by atoms with Crippen molar-refractivity contribution in [2.24, 2.45) is 5.92 Å². The molecule has 2 nitrogen and oxygen atoms in total. The topological polar surface area (TPSA) is 37.3 Å². The van der Waals surface area contributed by atoms with Crippen LogP contribution in [0.3, 0.4) is 0 Å². The van der Waals surface area contributed by atoms with Crippen molar-refractivity contribution in [2.75, 3.05) is 0 Å². The molecule has 3 heteroatoms. The van der Waals surface area contributed by atoms with Crippen molar-refractivity contribution in [3.63, 3.8) is 0 Å². The van der Waals surface area contributed by atoms with Crippen LogP contribution < -0.4 is 0 Å². The fourth-order valence-corrected chi connectivity index (χ4v) is 0.696. The smallest absolute Gasteiger partial charge is 0.309 e. The maximum absolute atomic E-state index is 12.2. The molecule has 0 aromatic rings. The first-order chi connectivity index (χ1) is 4.09. The molecule has 54 valence electrons. The summed E-state index contributed by atoms with van der Waals surface area (Å²) < 4.78 is 12.2. The van der Waals surface area contributed by atoms with Gasteiger partial charge in [0.1, 0.15) is 6.17 Å². The van der Waals surface area contributed by atoms with Crippen LogP contribution in [0.5, 0.6) is 0 Å². The van der Waals surface area contributed by atoms with E-state index >= 15 is 0 Å². The van der Waals surface area contributed by atoms with Gasteiger partial charge in [0.25, 0.3) is 0 Å². The molecule has 0 spiro atoms. The van der Waals surface area contributed by atoms with Gasteiger partial charge in [0.15, 0.2) is 0 Å². The third-order valence-corrected chi connectivity index (χ3v) is 1.31. The number of carbonyl (C=O) groups is 1. The molecule has 0 radical (unpaired) electrons. The molecule has 0 aliphatic carbocycles. The minimum atomic E-state index is -1.24. The molecule has 0 aliphatic heterocycles. The van der Waals surface area contributed by atoms with Gasteiger partial charge in [-0.05, 0) is 13.3 Å². The Morgan fingerprint density at radius 2 is 2.22 bits per heavy atom. The minimum absolute atomic E-state index is 0.354. The van der Waals surface area contributed by atoms with E-state index in [1.807, 2.05) is 0 Å². The molecule has 2 atom stereocenters. The Hall–Kier alpha value is -0.600. The summed E-state index contributed by atoms with van der Waals surface area (Å²) in [6.07, 6.45) is -0.889. The van der Waals surface area contributed by atoms with Crippen LogP contribution in [0.15, 0.2) is 0 Å². The van der Waals surface area contributed by atoms with Crippen LogP contribution in [0.2, 0.25) is 0 Å². The Morgan fingerprint density at radius 1 is 1.78 bits per heavy atom. The summed E-state index contributed by atoms with van der Waals surface area (Å²) in [5.74, 6) is -1.88. The van der Waals surface area contributed by atoms with Gasteiger partial charge in [-0.2, -0.15) is 0 Å². The van der Waals surface area contributed by atoms with E-state index in [0.29, 0.717) is 6.42 Å². The highest BCUT2D eigenvalue weighted by atomic mass is 19.1. The molecule has 0 aromatic heterocycles. The molecule has 2 unspecified atom stereocenters.